The van der Waals surface area contributed by atoms with Crippen LogP contribution in [0.2, 0.25) is 0 Å². The van der Waals surface area contributed by atoms with Crippen LogP contribution in [0.1, 0.15) is 18.5 Å². The van der Waals surface area contributed by atoms with Gasteiger partial charge in [0.25, 0.3) is 0 Å². The summed E-state index contributed by atoms with van der Waals surface area (Å²) >= 11 is 0. The first-order valence-electron chi connectivity index (χ1n) is 4.51. The Bertz CT molecular complexity index is 393. The molecule has 2 rings (SSSR count). The highest BCUT2D eigenvalue weighted by Gasteiger charge is 2.10. The summed E-state index contributed by atoms with van der Waals surface area (Å²) in [6.07, 6.45) is 8.12. The van der Waals surface area contributed by atoms with E-state index in [1.807, 2.05) is 6.08 Å². The fraction of sp³-hybridized carbons (Fsp3) is 0.300. The maximum atomic E-state index is 13.3. The Hall–Kier alpha value is -1.42. The van der Waals surface area contributed by atoms with Crippen molar-refractivity contribution in [1.29, 1.82) is 0 Å². The lowest BCUT2D eigenvalue weighted by molar-refractivity contribution is 0.277. The van der Waals surface area contributed by atoms with Crippen molar-refractivity contribution in [1.82, 2.24) is 9.55 Å². The predicted molar refractivity (Wildman–Crippen MR) is 50.8 cm³/mol. The largest absolute Gasteiger partial charge is 0.390 e. The van der Waals surface area contributed by atoms with Gasteiger partial charge in [-0.15, -0.1) is 0 Å². The van der Waals surface area contributed by atoms with Crippen molar-refractivity contribution in [2.24, 2.45) is 0 Å². The zero-order valence-corrected chi connectivity index (χ0v) is 7.65. The van der Waals surface area contributed by atoms with Gasteiger partial charge < -0.3 is 9.67 Å². The fourth-order valence-electron chi connectivity index (χ4n) is 1.44. The first-order chi connectivity index (χ1) is 6.81. The van der Waals surface area contributed by atoms with Crippen LogP contribution in [0.5, 0.6) is 0 Å². The second kappa shape index (κ2) is 3.75. The molecule has 0 atom stereocenters. The van der Waals surface area contributed by atoms with E-state index in [0.717, 1.165) is 12.8 Å². The second-order valence-electron chi connectivity index (χ2n) is 3.15. The highest BCUT2D eigenvalue weighted by atomic mass is 19.1. The van der Waals surface area contributed by atoms with Crippen LogP contribution in [-0.2, 0) is 6.61 Å². The van der Waals surface area contributed by atoms with Crippen molar-refractivity contribution in [3.8, 4) is 0 Å². The molecule has 0 spiro atoms. The normalized spacial score (nSPS) is 16.4. The number of allylic oxidation sites excluding steroid dienone is 4. The van der Waals surface area contributed by atoms with E-state index >= 15 is 0 Å². The predicted octanol–water partition coefficient (Wildman–Crippen LogP) is 1.86. The highest BCUT2D eigenvalue weighted by molar-refractivity contribution is 5.62. The van der Waals surface area contributed by atoms with Crippen molar-refractivity contribution in [3.05, 3.63) is 36.2 Å². The summed E-state index contributed by atoms with van der Waals surface area (Å²) in [5.74, 6) is -0.224. The Balaban J connectivity index is 2.30. The van der Waals surface area contributed by atoms with Crippen LogP contribution in [0.15, 0.2) is 30.5 Å². The summed E-state index contributed by atoms with van der Waals surface area (Å²) in [5.41, 5.74) is 1.06. The molecular formula is C10H11FN2O. The van der Waals surface area contributed by atoms with E-state index in [-0.39, 0.29) is 12.4 Å². The SMILES string of the molecule is OCc1cn(C2=CCCC=C2F)cn1. The first-order valence-corrected chi connectivity index (χ1v) is 4.51. The maximum absolute atomic E-state index is 13.3. The van der Waals surface area contributed by atoms with Gasteiger partial charge in [0.2, 0.25) is 0 Å². The number of hydrogen-bond acceptors (Lipinski definition) is 2. The molecule has 0 saturated heterocycles. The topological polar surface area (TPSA) is 38.0 Å². The minimum Gasteiger partial charge on any atom is -0.390 e. The molecule has 1 aromatic rings. The van der Waals surface area contributed by atoms with Crippen LogP contribution in [0, 0.1) is 0 Å². The molecule has 3 nitrogen and oxygen atoms in total. The Morgan fingerprint density at radius 2 is 2.21 bits per heavy atom. The van der Waals surface area contributed by atoms with Crippen molar-refractivity contribution in [2.45, 2.75) is 19.4 Å². The molecule has 1 N–H and O–H groups in total. The van der Waals surface area contributed by atoms with Gasteiger partial charge in [-0.25, -0.2) is 9.37 Å². The molecule has 0 amide bonds. The van der Waals surface area contributed by atoms with Gasteiger partial charge in [0.15, 0.2) is 0 Å². The average Bonchev–Trinajstić information content (AvgIpc) is 2.67. The number of aromatic nitrogens is 2. The summed E-state index contributed by atoms with van der Waals surface area (Å²) in [5, 5.41) is 8.81. The molecule has 0 aromatic carbocycles. The Morgan fingerprint density at radius 3 is 2.86 bits per heavy atom. The zero-order valence-electron chi connectivity index (χ0n) is 7.65. The summed E-state index contributed by atoms with van der Waals surface area (Å²) in [6.45, 7) is -0.119. The number of nitrogens with zero attached hydrogens (tertiary/aromatic N) is 2. The molecule has 4 heteroatoms. The van der Waals surface area contributed by atoms with Gasteiger partial charge in [0, 0.05) is 6.20 Å². The molecule has 1 heterocycles. The van der Waals surface area contributed by atoms with E-state index in [4.69, 9.17) is 5.11 Å². The van der Waals surface area contributed by atoms with E-state index in [1.165, 1.54) is 6.33 Å². The molecule has 0 aliphatic heterocycles. The van der Waals surface area contributed by atoms with Crippen LogP contribution in [0.3, 0.4) is 0 Å². The molecule has 1 aliphatic carbocycles. The van der Waals surface area contributed by atoms with Crippen LogP contribution in [0.25, 0.3) is 5.70 Å². The quantitative estimate of drug-likeness (QED) is 0.780. The van der Waals surface area contributed by atoms with E-state index < -0.39 is 0 Å². The lowest BCUT2D eigenvalue weighted by Gasteiger charge is -2.09. The van der Waals surface area contributed by atoms with E-state index in [9.17, 15) is 4.39 Å². The standard InChI is InChI=1S/C10H11FN2O/c11-9-3-1-2-4-10(9)13-5-8(6-14)12-7-13/h3-5,7,14H,1-2,6H2. The summed E-state index contributed by atoms with van der Waals surface area (Å²) in [7, 11) is 0. The van der Waals surface area contributed by atoms with Crippen LogP contribution in [0.4, 0.5) is 4.39 Å². The van der Waals surface area contributed by atoms with Crippen LogP contribution >= 0.6 is 0 Å². The summed E-state index contributed by atoms with van der Waals surface area (Å²) < 4.78 is 14.9. The molecule has 1 aromatic heterocycles. The maximum Gasteiger partial charge on any atom is 0.142 e. The lowest BCUT2D eigenvalue weighted by atomic mass is 10.1. The minimum atomic E-state index is -0.224. The minimum absolute atomic E-state index is 0.119. The lowest BCUT2D eigenvalue weighted by Crippen LogP contribution is -1.98. The third-order valence-electron chi connectivity index (χ3n) is 2.15. The molecule has 0 radical (unpaired) electrons. The molecule has 0 unspecified atom stereocenters. The third kappa shape index (κ3) is 1.61. The van der Waals surface area contributed by atoms with Gasteiger partial charge in [0.1, 0.15) is 5.83 Å². The Labute approximate surface area is 81.2 Å². The highest BCUT2D eigenvalue weighted by Crippen LogP contribution is 2.23. The van der Waals surface area contributed by atoms with Gasteiger partial charge in [-0.2, -0.15) is 0 Å². The van der Waals surface area contributed by atoms with Gasteiger partial charge >= 0.3 is 0 Å². The van der Waals surface area contributed by atoms with Crippen molar-refractivity contribution < 1.29 is 9.50 Å². The first kappa shape index (κ1) is 9.15. The molecule has 0 saturated carbocycles. The summed E-state index contributed by atoms with van der Waals surface area (Å²) in [6, 6.07) is 0. The smallest absolute Gasteiger partial charge is 0.142 e. The summed E-state index contributed by atoms with van der Waals surface area (Å²) in [4.78, 5) is 3.92. The molecule has 74 valence electrons. The number of aliphatic hydroxyl groups is 1. The van der Waals surface area contributed by atoms with Crippen LogP contribution in [-0.4, -0.2) is 14.7 Å². The molecule has 14 heavy (non-hydrogen) atoms. The molecule has 1 aliphatic rings. The van der Waals surface area contributed by atoms with Crippen molar-refractivity contribution >= 4 is 5.70 Å². The van der Waals surface area contributed by atoms with E-state index in [1.54, 1.807) is 16.8 Å². The average molecular weight is 194 g/mol. The van der Waals surface area contributed by atoms with Crippen molar-refractivity contribution in [2.75, 3.05) is 0 Å². The second-order valence-corrected chi connectivity index (χ2v) is 3.15. The zero-order chi connectivity index (χ0) is 9.97. The number of hydrogen-bond donors (Lipinski definition) is 1. The van der Waals surface area contributed by atoms with E-state index in [0.29, 0.717) is 11.4 Å². The van der Waals surface area contributed by atoms with E-state index in [2.05, 4.69) is 4.98 Å². The van der Waals surface area contributed by atoms with Gasteiger partial charge in [-0.3, -0.25) is 0 Å². The number of rotatable bonds is 2. The third-order valence-corrected chi connectivity index (χ3v) is 2.15. The van der Waals surface area contributed by atoms with Gasteiger partial charge in [-0.05, 0) is 18.9 Å². The molecule has 0 bridgehead atoms. The van der Waals surface area contributed by atoms with Crippen molar-refractivity contribution in [3.63, 3.8) is 0 Å². The van der Waals surface area contributed by atoms with Gasteiger partial charge in [-0.1, -0.05) is 6.08 Å². The number of aliphatic hydroxyl groups excluding tert-OH is 1. The molecule has 0 fully saturated rings. The molecular weight excluding hydrogens is 183 g/mol. The monoisotopic (exact) mass is 194 g/mol. The van der Waals surface area contributed by atoms with Crippen LogP contribution < -0.4 is 0 Å². The Kier molecular flexibility index (Phi) is 2.45. The number of imidazole rings is 1. The number of halogens is 1. The Morgan fingerprint density at radius 1 is 1.43 bits per heavy atom. The van der Waals surface area contributed by atoms with Gasteiger partial charge in [0.05, 0.1) is 24.3 Å². The fourth-order valence-corrected chi connectivity index (χ4v) is 1.44.